The fourth-order valence-corrected chi connectivity index (χ4v) is 5.36. The van der Waals surface area contributed by atoms with Crippen LogP contribution >= 0.6 is 0 Å². The molecule has 32 heavy (non-hydrogen) atoms. The van der Waals surface area contributed by atoms with E-state index in [1.165, 1.54) is 6.26 Å². The Morgan fingerprint density at radius 2 is 1.94 bits per heavy atom. The summed E-state index contributed by atoms with van der Waals surface area (Å²) < 4.78 is 22.9. The Balaban J connectivity index is 1.60. The van der Waals surface area contributed by atoms with Crippen LogP contribution in [0, 0.1) is 29.1 Å². The third kappa shape index (κ3) is 3.10. The Morgan fingerprint density at radius 1 is 1.16 bits per heavy atom. The second kappa shape index (κ2) is 7.56. The highest BCUT2D eigenvalue weighted by molar-refractivity contribution is 5.90. The zero-order valence-corrected chi connectivity index (χ0v) is 17.7. The predicted octanol–water partition coefficient (Wildman–Crippen LogP) is 3.43. The number of hydrogen-bond acceptors (Lipinski definition) is 7. The molecule has 5 rings (SSSR count). The van der Waals surface area contributed by atoms with Crippen LogP contribution in [0.5, 0.6) is 0 Å². The highest BCUT2D eigenvalue weighted by Gasteiger charge is 2.66. The van der Waals surface area contributed by atoms with Crippen LogP contribution in [0.1, 0.15) is 54.5 Å². The summed E-state index contributed by atoms with van der Waals surface area (Å²) in [5.74, 6) is 3.40. The number of carbonyl (C=O) groups excluding carboxylic acids is 3. The Hall–Kier alpha value is -3.53. The van der Waals surface area contributed by atoms with Crippen molar-refractivity contribution >= 4 is 17.9 Å². The molecule has 2 saturated heterocycles. The third-order valence-corrected chi connectivity index (χ3v) is 6.77. The molecule has 0 spiro atoms. The van der Waals surface area contributed by atoms with Crippen LogP contribution < -0.4 is 0 Å². The minimum absolute atomic E-state index is 0.331. The molecule has 0 radical (unpaired) electrons. The summed E-state index contributed by atoms with van der Waals surface area (Å²) >= 11 is 0. The molecule has 6 atom stereocenters. The second-order valence-electron chi connectivity index (χ2n) is 8.69. The van der Waals surface area contributed by atoms with Gasteiger partial charge in [-0.15, -0.1) is 0 Å². The van der Waals surface area contributed by atoms with Gasteiger partial charge in [0.2, 0.25) is 0 Å². The van der Waals surface area contributed by atoms with E-state index >= 15 is 0 Å². The van der Waals surface area contributed by atoms with Gasteiger partial charge >= 0.3 is 17.9 Å². The molecule has 1 aromatic carbocycles. The van der Waals surface area contributed by atoms with Crippen LogP contribution in [0.2, 0.25) is 0 Å². The molecule has 3 heterocycles. The van der Waals surface area contributed by atoms with E-state index in [1.54, 1.807) is 50.2 Å². The van der Waals surface area contributed by atoms with Gasteiger partial charge in [0, 0.05) is 12.3 Å². The van der Waals surface area contributed by atoms with Crippen LogP contribution in [0.4, 0.5) is 0 Å². The quantitative estimate of drug-likeness (QED) is 0.415. The minimum atomic E-state index is -0.965. The number of rotatable bonds is 3. The molecule has 1 saturated carbocycles. The van der Waals surface area contributed by atoms with E-state index in [0.29, 0.717) is 29.7 Å². The average molecular weight is 434 g/mol. The van der Waals surface area contributed by atoms with Gasteiger partial charge in [0.05, 0.1) is 28.7 Å². The van der Waals surface area contributed by atoms with E-state index in [2.05, 4.69) is 11.8 Å². The zero-order valence-electron chi connectivity index (χ0n) is 17.7. The largest absolute Gasteiger partial charge is 0.462 e. The van der Waals surface area contributed by atoms with Crippen LogP contribution in [-0.2, 0) is 23.8 Å². The van der Waals surface area contributed by atoms with Gasteiger partial charge in [-0.2, -0.15) is 0 Å². The van der Waals surface area contributed by atoms with Gasteiger partial charge in [-0.25, -0.2) is 4.79 Å². The normalized spacial score (nSPS) is 32.8. The van der Waals surface area contributed by atoms with Crippen LogP contribution in [0.15, 0.2) is 47.1 Å². The summed E-state index contributed by atoms with van der Waals surface area (Å²) in [6, 6.07) is 10.2. The summed E-state index contributed by atoms with van der Waals surface area (Å²) in [5.41, 5.74) is -0.0878. The summed E-state index contributed by atoms with van der Waals surface area (Å²) in [7, 11) is 0. The molecule has 2 aromatic rings. The highest BCUT2D eigenvalue weighted by Crippen LogP contribution is 2.57. The van der Waals surface area contributed by atoms with Crippen LogP contribution in [-0.4, -0.2) is 30.1 Å². The van der Waals surface area contributed by atoms with Crippen molar-refractivity contribution < 1.29 is 33.0 Å². The van der Waals surface area contributed by atoms with E-state index < -0.39 is 41.4 Å². The topological polar surface area (TPSA) is 92.0 Å². The molecular formula is C25H22O7. The third-order valence-electron chi connectivity index (χ3n) is 6.77. The summed E-state index contributed by atoms with van der Waals surface area (Å²) in [6.07, 6.45) is 0.0835. The fraction of sp³-hybridized carbons (Fsp3) is 0.400. The summed E-state index contributed by atoms with van der Waals surface area (Å²) in [5, 5.41) is 0. The number of esters is 3. The van der Waals surface area contributed by atoms with Crippen molar-refractivity contribution in [2.24, 2.45) is 17.3 Å². The number of benzene rings is 1. The van der Waals surface area contributed by atoms with Crippen LogP contribution in [0.25, 0.3) is 0 Å². The zero-order chi connectivity index (χ0) is 22.5. The molecule has 2 aliphatic heterocycles. The average Bonchev–Trinajstić information content (AvgIpc) is 3.32. The van der Waals surface area contributed by atoms with E-state index in [9.17, 15) is 14.4 Å². The van der Waals surface area contributed by atoms with Gasteiger partial charge in [-0.1, -0.05) is 24.1 Å². The molecule has 1 aromatic heterocycles. The number of furan rings is 1. The molecule has 7 heteroatoms. The molecule has 164 valence electrons. The standard InChI is InChI=1S/C25H22O7/c1-3-7-18-16(10-11-29-18)20-21(32-22(26)14-8-5-4-6-9-14)19-17(23(27)31-20)12-15-13-25(19,2)24(28)30-15/h4-6,8-11,15,17,19-21H,12-13H2,1-2H3/t15-,17-,19-,20+,21-,25-/m1/s1. The van der Waals surface area contributed by atoms with Gasteiger partial charge in [0.15, 0.2) is 11.9 Å². The lowest BCUT2D eigenvalue weighted by molar-refractivity contribution is -0.197. The Labute approximate surface area is 185 Å². The van der Waals surface area contributed by atoms with Crippen LogP contribution in [0.3, 0.4) is 0 Å². The molecule has 0 amide bonds. The maximum absolute atomic E-state index is 13.1. The first-order valence-electron chi connectivity index (χ1n) is 10.6. The van der Waals surface area contributed by atoms with Crippen molar-refractivity contribution in [2.45, 2.75) is 45.0 Å². The summed E-state index contributed by atoms with van der Waals surface area (Å²) in [4.78, 5) is 39.0. The lowest BCUT2D eigenvalue weighted by Crippen LogP contribution is -2.56. The summed E-state index contributed by atoms with van der Waals surface area (Å²) in [6.45, 7) is 3.45. The Kier molecular flexibility index (Phi) is 4.81. The highest BCUT2D eigenvalue weighted by atomic mass is 16.6. The molecule has 0 unspecified atom stereocenters. The monoisotopic (exact) mass is 434 g/mol. The smallest absolute Gasteiger partial charge is 0.338 e. The molecule has 2 bridgehead atoms. The second-order valence-corrected chi connectivity index (χ2v) is 8.69. The van der Waals surface area contributed by atoms with Crippen molar-refractivity contribution in [3.8, 4) is 11.8 Å². The number of ether oxygens (including phenoxy) is 3. The van der Waals surface area contributed by atoms with E-state index in [0.717, 1.165) is 0 Å². The predicted molar refractivity (Wildman–Crippen MR) is 110 cm³/mol. The van der Waals surface area contributed by atoms with Crippen molar-refractivity contribution in [3.05, 3.63) is 59.5 Å². The molecular weight excluding hydrogens is 412 g/mol. The fourth-order valence-electron chi connectivity index (χ4n) is 5.36. The number of fused-ring (bicyclic) bond motifs is 4. The number of hydrogen-bond donors (Lipinski definition) is 0. The molecule has 1 aliphatic carbocycles. The van der Waals surface area contributed by atoms with E-state index in [1.807, 2.05) is 0 Å². The maximum Gasteiger partial charge on any atom is 0.338 e. The van der Waals surface area contributed by atoms with Crippen molar-refractivity contribution in [3.63, 3.8) is 0 Å². The Bertz CT molecular complexity index is 1140. The molecule has 7 nitrogen and oxygen atoms in total. The first-order chi connectivity index (χ1) is 15.4. The minimum Gasteiger partial charge on any atom is -0.462 e. The van der Waals surface area contributed by atoms with Gasteiger partial charge in [-0.3, -0.25) is 9.59 Å². The van der Waals surface area contributed by atoms with Crippen molar-refractivity contribution in [2.75, 3.05) is 0 Å². The number of cyclic esters (lactones) is 1. The number of carbonyl (C=O) groups is 3. The van der Waals surface area contributed by atoms with E-state index in [4.69, 9.17) is 18.6 Å². The van der Waals surface area contributed by atoms with Gasteiger partial charge in [0.25, 0.3) is 0 Å². The molecule has 3 aliphatic rings. The van der Waals surface area contributed by atoms with Crippen molar-refractivity contribution in [1.82, 2.24) is 0 Å². The van der Waals surface area contributed by atoms with Crippen molar-refractivity contribution in [1.29, 1.82) is 0 Å². The lowest BCUT2D eigenvalue weighted by Gasteiger charge is -2.48. The molecule has 3 fully saturated rings. The van der Waals surface area contributed by atoms with E-state index in [-0.39, 0.29) is 12.1 Å². The first-order valence-corrected chi connectivity index (χ1v) is 10.6. The SMILES string of the molecule is CC#Cc1occc1[C@@H]1OC(=O)[C@@H]2C[C@@H]3C[C@@](C)(C(=O)O3)[C@H]2[C@H]1OC(=O)c1ccccc1. The van der Waals surface area contributed by atoms with Gasteiger partial charge < -0.3 is 18.6 Å². The molecule has 0 N–H and O–H groups in total. The lowest BCUT2D eigenvalue weighted by atomic mass is 9.59. The Morgan fingerprint density at radius 3 is 2.69 bits per heavy atom. The maximum atomic E-state index is 13.1. The van der Waals surface area contributed by atoms with Gasteiger partial charge in [-0.05, 0) is 44.4 Å². The van der Waals surface area contributed by atoms with Gasteiger partial charge in [0.1, 0.15) is 12.2 Å². The first kappa shape index (κ1) is 20.4.